The van der Waals surface area contributed by atoms with Crippen molar-refractivity contribution in [2.45, 2.75) is 39.2 Å². The van der Waals surface area contributed by atoms with Crippen molar-refractivity contribution in [1.82, 2.24) is 9.88 Å². The summed E-state index contributed by atoms with van der Waals surface area (Å²) in [5.74, 6) is 1.46. The molecule has 3 N–H and O–H groups in total. The van der Waals surface area contributed by atoms with Crippen LogP contribution in [0.5, 0.6) is 5.75 Å². The first kappa shape index (κ1) is 25.0. The summed E-state index contributed by atoms with van der Waals surface area (Å²) >= 11 is 0. The normalized spacial score (nSPS) is 14.0. The second-order valence-electron chi connectivity index (χ2n) is 9.65. The van der Waals surface area contributed by atoms with E-state index in [4.69, 9.17) is 15.2 Å². The molecule has 1 aliphatic heterocycles. The number of carbonyl (C=O) groups excluding carboxylic acids is 1. The number of aliphatic imine (C=N–C) groups is 1. The number of para-hydroxylation sites is 1. The van der Waals surface area contributed by atoms with E-state index in [1.165, 1.54) is 11.1 Å². The zero-order valence-electron chi connectivity index (χ0n) is 21.2. The number of anilines is 1. The van der Waals surface area contributed by atoms with Crippen molar-refractivity contribution in [2.75, 3.05) is 25.5 Å². The summed E-state index contributed by atoms with van der Waals surface area (Å²) < 4.78 is 11.1. The van der Waals surface area contributed by atoms with Gasteiger partial charge in [0, 0.05) is 36.1 Å². The third kappa shape index (κ3) is 6.13. The lowest BCUT2D eigenvalue weighted by Crippen LogP contribution is -2.38. The van der Waals surface area contributed by atoms with E-state index in [0.29, 0.717) is 18.9 Å². The number of benzene rings is 2. The number of nitrogens with zero attached hydrogens (tertiary/aromatic N) is 3. The van der Waals surface area contributed by atoms with Crippen LogP contribution in [0.2, 0.25) is 0 Å². The predicted octanol–water partition coefficient (Wildman–Crippen LogP) is 5.15. The van der Waals surface area contributed by atoms with Crippen LogP contribution in [0.4, 0.5) is 16.3 Å². The maximum atomic E-state index is 12.5. The van der Waals surface area contributed by atoms with Crippen molar-refractivity contribution < 1.29 is 14.3 Å². The van der Waals surface area contributed by atoms with E-state index in [1.54, 1.807) is 18.2 Å². The molecule has 0 saturated heterocycles. The Kier molecular flexibility index (Phi) is 7.43. The Labute approximate surface area is 212 Å². The molecule has 0 fully saturated rings. The zero-order chi connectivity index (χ0) is 25.7. The molecule has 0 atom stereocenters. The lowest BCUT2D eigenvalue weighted by Gasteiger charge is -2.26. The van der Waals surface area contributed by atoms with Crippen LogP contribution in [0.3, 0.4) is 0 Å². The number of fused-ring (bicyclic) bond motifs is 1. The molecular formula is C28H33N5O3. The lowest BCUT2D eigenvalue weighted by molar-refractivity contribution is 0.0258. The number of nitrogens with one attached hydrogen (secondary N) is 1. The Morgan fingerprint density at radius 1 is 1.03 bits per heavy atom. The fraction of sp³-hybridized carbons (Fsp3) is 0.321. The van der Waals surface area contributed by atoms with E-state index in [2.05, 4.69) is 27.4 Å². The first-order valence-corrected chi connectivity index (χ1v) is 12.0. The minimum atomic E-state index is -0.511. The van der Waals surface area contributed by atoms with Crippen LogP contribution in [0.15, 0.2) is 65.8 Å². The number of rotatable bonds is 4. The van der Waals surface area contributed by atoms with Crippen LogP contribution in [0, 0.1) is 0 Å². The molecule has 8 nitrogen and oxygen atoms in total. The van der Waals surface area contributed by atoms with Crippen molar-refractivity contribution in [2.24, 2.45) is 10.7 Å². The smallest absolute Gasteiger partial charge is 0.410 e. The van der Waals surface area contributed by atoms with Gasteiger partial charge in [-0.2, -0.15) is 4.99 Å². The van der Waals surface area contributed by atoms with Crippen molar-refractivity contribution in [1.29, 1.82) is 0 Å². The zero-order valence-corrected chi connectivity index (χ0v) is 21.2. The average molecular weight is 488 g/mol. The summed E-state index contributed by atoms with van der Waals surface area (Å²) in [6.45, 7) is 6.87. The molecule has 0 unspecified atom stereocenters. The van der Waals surface area contributed by atoms with E-state index < -0.39 is 5.60 Å². The van der Waals surface area contributed by atoms with Gasteiger partial charge in [-0.3, -0.25) is 0 Å². The van der Waals surface area contributed by atoms with E-state index >= 15 is 0 Å². The average Bonchev–Trinajstić information content (AvgIpc) is 3.06. The lowest BCUT2D eigenvalue weighted by atomic mass is 10.0. The number of aromatic nitrogens is 1. The third-order valence-corrected chi connectivity index (χ3v) is 5.84. The summed E-state index contributed by atoms with van der Waals surface area (Å²) in [7, 11) is 1.64. The molecule has 0 bridgehead atoms. The molecule has 2 aromatic carbocycles. The van der Waals surface area contributed by atoms with E-state index in [0.717, 1.165) is 35.4 Å². The largest absolute Gasteiger partial charge is 0.496 e. The highest BCUT2D eigenvalue weighted by molar-refractivity contribution is 5.95. The number of carbonyl (C=O) groups is 1. The van der Waals surface area contributed by atoms with E-state index in [1.807, 2.05) is 63.2 Å². The third-order valence-electron chi connectivity index (χ3n) is 5.84. The van der Waals surface area contributed by atoms with Gasteiger partial charge in [-0.15, -0.1) is 0 Å². The summed E-state index contributed by atoms with van der Waals surface area (Å²) in [5.41, 5.74) is 10.7. The SMILES string of the molecule is COc1ccccc1-c1cccnc1/N=C(\N)Nc1ccc2c(c1)CCN(C(=O)OC(C)(C)C)CC2. The maximum Gasteiger partial charge on any atom is 0.410 e. The van der Waals surface area contributed by atoms with Gasteiger partial charge in [0.15, 0.2) is 11.8 Å². The summed E-state index contributed by atoms with van der Waals surface area (Å²) in [4.78, 5) is 23.3. The highest BCUT2D eigenvalue weighted by Crippen LogP contribution is 2.34. The molecule has 0 aliphatic carbocycles. The van der Waals surface area contributed by atoms with Gasteiger partial charge in [-0.1, -0.05) is 24.3 Å². The van der Waals surface area contributed by atoms with Gasteiger partial charge in [0.25, 0.3) is 0 Å². The van der Waals surface area contributed by atoms with Gasteiger partial charge in [0.05, 0.1) is 7.11 Å². The molecule has 4 rings (SSSR count). The number of pyridine rings is 1. The molecule has 1 aromatic heterocycles. The number of hydrogen-bond acceptors (Lipinski definition) is 5. The molecule has 0 radical (unpaired) electrons. The quantitative estimate of drug-likeness (QED) is 0.390. The summed E-state index contributed by atoms with van der Waals surface area (Å²) in [6, 6.07) is 17.6. The molecule has 1 amide bonds. The fourth-order valence-electron chi connectivity index (χ4n) is 4.17. The number of nitrogens with two attached hydrogens (primary N) is 1. The van der Waals surface area contributed by atoms with Gasteiger partial charge < -0.3 is 25.4 Å². The summed E-state index contributed by atoms with van der Waals surface area (Å²) in [6.07, 6.45) is 2.92. The number of hydrogen-bond donors (Lipinski definition) is 2. The summed E-state index contributed by atoms with van der Waals surface area (Å²) in [5, 5.41) is 3.18. The molecule has 3 aromatic rings. The standard InChI is InChI=1S/C28H33N5O3/c1-28(2,3)36-27(34)33-16-13-19-11-12-21(18-20(19)14-17-33)31-26(29)32-25-23(9-7-15-30-25)22-8-5-6-10-24(22)35-4/h5-12,15,18H,13-14,16-17H2,1-4H3,(H3,29,30,31,32). The second-order valence-corrected chi connectivity index (χ2v) is 9.65. The van der Waals surface area contributed by atoms with Crippen LogP contribution in [-0.2, 0) is 17.6 Å². The monoisotopic (exact) mass is 487 g/mol. The fourth-order valence-corrected chi connectivity index (χ4v) is 4.17. The number of methoxy groups -OCH3 is 1. The molecule has 8 heteroatoms. The number of amides is 1. The van der Waals surface area contributed by atoms with Crippen LogP contribution in [0.1, 0.15) is 31.9 Å². The van der Waals surface area contributed by atoms with E-state index in [9.17, 15) is 4.79 Å². The van der Waals surface area contributed by atoms with Crippen molar-refractivity contribution >= 4 is 23.6 Å². The van der Waals surface area contributed by atoms with Gasteiger partial charge in [-0.25, -0.2) is 9.78 Å². The van der Waals surface area contributed by atoms with E-state index in [-0.39, 0.29) is 12.1 Å². The molecular weight excluding hydrogens is 454 g/mol. The Morgan fingerprint density at radius 2 is 1.75 bits per heavy atom. The second kappa shape index (κ2) is 10.7. The van der Waals surface area contributed by atoms with Crippen LogP contribution in [-0.4, -0.2) is 47.7 Å². The molecule has 188 valence electrons. The van der Waals surface area contributed by atoms with Crippen LogP contribution in [0.25, 0.3) is 11.1 Å². The number of guanidine groups is 1. The van der Waals surface area contributed by atoms with Gasteiger partial charge >= 0.3 is 6.09 Å². The predicted molar refractivity (Wildman–Crippen MR) is 143 cm³/mol. The Balaban J connectivity index is 1.50. The highest BCUT2D eigenvalue weighted by Gasteiger charge is 2.24. The first-order valence-electron chi connectivity index (χ1n) is 12.0. The topological polar surface area (TPSA) is 102 Å². The Hall–Kier alpha value is -4.07. The van der Waals surface area contributed by atoms with Crippen LogP contribution < -0.4 is 15.8 Å². The minimum Gasteiger partial charge on any atom is -0.496 e. The Morgan fingerprint density at radius 3 is 2.50 bits per heavy atom. The molecule has 0 spiro atoms. The Bertz CT molecular complexity index is 1270. The van der Waals surface area contributed by atoms with Crippen molar-refractivity contribution in [3.63, 3.8) is 0 Å². The molecule has 2 heterocycles. The minimum absolute atomic E-state index is 0.230. The van der Waals surface area contributed by atoms with Gasteiger partial charge in [-0.05, 0) is 75.1 Å². The molecule has 36 heavy (non-hydrogen) atoms. The number of ether oxygens (including phenoxy) is 2. The first-order chi connectivity index (χ1) is 17.2. The maximum absolute atomic E-state index is 12.5. The van der Waals surface area contributed by atoms with Gasteiger partial charge in [0.1, 0.15) is 11.4 Å². The van der Waals surface area contributed by atoms with Gasteiger partial charge in [0.2, 0.25) is 0 Å². The van der Waals surface area contributed by atoms with Crippen molar-refractivity contribution in [3.05, 3.63) is 71.9 Å². The molecule has 1 aliphatic rings. The highest BCUT2D eigenvalue weighted by atomic mass is 16.6. The molecule has 0 saturated carbocycles. The van der Waals surface area contributed by atoms with Crippen LogP contribution >= 0.6 is 0 Å². The van der Waals surface area contributed by atoms with Crippen molar-refractivity contribution in [3.8, 4) is 16.9 Å².